The second-order valence-corrected chi connectivity index (χ2v) is 3.44. The van der Waals surface area contributed by atoms with E-state index in [4.69, 9.17) is 16.7 Å². The van der Waals surface area contributed by atoms with Crippen molar-refractivity contribution in [2.75, 3.05) is 6.26 Å². The first-order valence-electron chi connectivity index (χ1n) is 3.33. The van der Waals surface area contributed by atoms with E-state index in [0.717, 1.165) is 23.9 Å². The Labute approximate surface area is 83.7 Å². The monoisotopic (exact) mass is 220 g/mol. The summed E-state index contributed by atoms with van der Waals surface area (Å²) in [5.74, 6) is -1.65. The van der Waals surface area contributed by atoms with Crippen molar-refractivity contribution in [1.29, 1.82) is 0 Å². The molecule has 0 aliphatic rings. The van der Waals surface area contributed by atoms with Crippen LogP contribution < -0.4 is 0 Å². The molecule has 0 amide bonds. The van der Waals surface area contributed by atoms with Crippen LogP contribution in [-0.2, 0) is 0 Å². The smallest absolute Gasteiger partial charge is 0.337 e. The van der Waals surface area contributed by atoms with Crippen molar-refractivity contribution in [3.63, 3.8) is 0 Å². The Hall–Kier alpha value is -0.740. The SMILES string of the molecule is CSc1c(F)ccc(C(=O)O)c1Cl. The van der Waals surface area contributed by atoms with Crippen LogP contribution in [0.3, 0.4) is 0 Å². The lowest BCUT2D eigenvalue weighted by Gasteiger charge is -2.04. The molecule has 0 bridgehead atoms. The molecule has 1 aromatic carbocycles. The van der Waals surface area contributed by atoms with Crippen LogP contribution in [0.25, 0.3) is 0 Å². The van der Waals surface area contributed by atoms with Gasteiger partial charge >= 0.3 is 5.97 Å². The minimum Gasteiger partial charge on any atom is -0.478 e. The van der Waals surface area contributed by atoms with E-state index < -0.39 is 11.8 Å². The molecule has 0 fully saturated rings. The number of carboxylic acids is 1. The summed E-state index contributed by atoms with van der Waals surface area (Å²) in [6, 6.07) is 2.25. The first kappa shape index (κ1) is 10.3. The van der Waals surface area contributed by atoms with Gasteiger partial charge in [0.2, 0.25) is 0 Å². The fourth-order valence-corrected chi connectivity index (χ4v) is 1.90. The van der Waals surface area contributed by atoms with E-state index in [0.29, 0.717) is 0 Å². The second kappa shape index (κ2) is 3.98. The number of benzene rings is 1. The van der Waals surface area contributed by atoms with Gasteiger partial charge in [-0.15, -0.1) is 11.8 Å². The minimum absolute atomic E-state index is 0.0417. The van der Waals surface area contributed by atoms with Crippen LogP contribution in [0.4, 0.5) is 4.39 Å². The maximum atomic E-state index is 13.0. The van der Waals surface area contributed by atoms with Crippen molar-refractivity contribution in [1.82, 2.24) is 0 Å². The van der Waals surface area contributed by atoms with Gasteiger partial charge in [0.1, 0.15) is 5.82 Å². The van der Waals surface area contributed by atoms with Crippen LogP contribution in [0.5, 0.6) is 0 Å². The Kier molecular flexibility index (Phi) is 3.17. The predicted octanol–water partition coefficient (Wildman–Crippen LogP) is 2.90. The van der Waals surface area contributed by atoms with Crippen molar-refractivity contribution in [2.45, 2.75) is 4.90 Å². The lowest BCUT2D eigenvalue weighted by molar-refractivity contribution is 0.0696. The molecular formula is C8H6ClFO2S. The van der Waals surface area contributed by atoms with Gasteiger partial charge in [-0.05, 0) is 18.4 Å². The average molecular weight is 221 g/mol. The topological polar surface area (TPSA) is 37.3 Å². The van der Waals surface area contributed by atoms with Gasteiger partial charge in [-0.1, -0.05) is 11.6 Å². The highest BCUT2D eigenvalue weighted by molar-refractivity contribution is 7.98. The van der Waals surface area contributed by atoms with E-state index in [9.17, 15) is 9.18 Å². The highest BCUT2D eigenvalue weighted by Crippen LogP contribution is 2.31. The molecule has 0 aliphatic heterocycles. The molecule has 0 saturated heterocycles. The van der Waals surface area contributed by atoms with Crippen molar-refractivity contribution in [2.24, 2.45) is 0 Å². The summed E-state index contributed by atoms with van der Waals surface area (Å²) < 4.78 is 13.0. The molecule has 0 radical (unpaired) electrons. The van der Waals surface area contributed by atoms with E-state index in [1.165, 1.54) is 0 Å². The molecule has 0 atom stereocenters. The third-order valence-corrected chi connectivity index (χ3v) is 2.80. The number of hydrogen-bond donors (Lipinski definition) is 1. The van der Waals surface area contributed by atoms with Gasteiger partial charge in [-0.25, -0.2) is 9.18 Å². The number of thioether (sulfide) groups is 1. The number of rotatable bonds is 2. The van der Waals surface area contributed by atoms with Crippen LogP contribution >= 0.6 is 23.4 Å². The van der Waals surface area contributed by atoms with Crippen molar-refractivity contribution in [3.05, 3.63) is 28.5 Å². The summed E-state index contributed by atoms with van der Waals surface area (Å²) in [6.45, 7) is 0. The minimum atomic E-state index is -1.15. The Morgan fingerprint density at radius 1 is 1.62 bits per heavy atom. The predicted molar refractivity (Wildman–Crippen MR) is 50.2 cm³/mol. The maximum Gasteiger partial charge on any atom is 0.337 e. The molecule has 70 valence electrons. The molecule has 0 aliphatic carbocycles. The van der Waals surface area contributed by atoms with E-state index in [1.807, 2.05) is 0 Å². The van der Waals surface area contributed by atoms with Gasteiger partial charge in [-0.2, -0.15) is 0 Å². The molecule has 0 saturated carbocycles. The van der Waals surface area contributed by atoms with Crippen LogP contribution in [0.15, 0.2) is 17.0 Å². The summed E-state index contributed by atoms with van der Waals surface area (Å²) in [4.78, 5) is 10.8. The molecule has 13 heavy (non-hydrogen) atoms. The lowest BCUT2D eigenvalue weighted by atomic mass is 10.2. The molecule has 1 N–H and O–H groups in total. The fraction of sp³-hybridized carbons (Fsp3) is 0.125. The maximum absolute atomic E-state index is 13.0. The highest BCUT2D eigenvalue weighted by Gasteiger charge is 2.15. The Bertz CT molecular complexity index is 354. The van der Waals surface area contributed by atoms with Gasteiger partial charge in [-0.3, -0.25) is 0 Å². The van der Waals surface area contributed by atoms with Gasteiger partial charge in [0.15, 0.2) is 0 Å². The van der Waals surface area contributed by atoms with Crippen molar-refractivity contribution < 1.29 is 14.3 Å². The third-order valence-electron chi connectivity index (χ3n) is 1.48. The first-order valence-corrected chi connectivity index (χ1v) is 4.93. The van der Waals surface area contributed by atoms with Gasteiger partial charge in [0.25, 0.3) is 0 Å². The van der Waals surface area contributed by atoms with E-state index in [1.54, 1.807) is 6.26 Å². The van der Waals surface area contributed by atoms with Gasteiger partial charge < -0.3 is 5.11 Å². The molecule has 1 aromatic rings. The number of carboxylic acid groups (broad SMARTS) is 1. The highest BCUT2D eigenvalue weighted by atomic mass is 35.5. The Morgan fingerprint density at radius 2 is 2.23 bits per heavy atom. The molecule has 0 heterocycles. The van der Waals surface area contributed by atoms with Gasteiger partial charge in [0, 0.05) is 0 Å². The first-order chi connectivity index (χ1) is 6.07. The summed E-state index contributed by atoms with van der Waals surface area (Å²) in [5, 5.41) is 8.62. The zero-order valence-electron chi connectivity index (χ0n) is 6.67. The third kappa shape index (κ3) is 1.95. The fourth-order valence-electron chi connectivity index (χ4n) is 0.885. The van der Waals surface area contributed by atoms with Crippen molar-refractivity contribution in [3.8, 4) is 0 Å². The summed E-state index contributed by atoms with van der Waals surface area (Å²) >= 11 is 6.75. The molecule has 1 rings (SSSR count). The zero-order valence-corrected chi connectivity index (χ0v) is 8.25. The van der Waals surface area contributed by atoms with Crippen LogP contribution in [0.1, 0.15) is 10.4 Å². The summed E-state index contributed by atoms with van der Waals surface area (Å²) in [5.41, 5.74) is -0.0765. The largest absolute Gasteiger partial charge is 0.478 e. The Balaban J connectivity index is 3.35. The number of carbonyl (C=O) groups is 1. The summed E-state index contributed by atoms with van der Waals surface area (Å²) in [6.07, 6.45) is 1.63. The van der Waals surface area contributed by atoms with Crippen LogP contribution in [-0.4, -0.2) is 17.3 Å². The molecule has 0 unspecified atom stereocenters. The van der Waals surface area contributed by atoms with Crippen molar-refractivity contribution >= 4 is 29.3 Å². The molecule has 2 nitrogen and oxygen atoms in total. The molecule has 5 heteroatoms. The number of halogens is 2. The lowest BCUT2D eigenvalue weighted by Crippen LogP contribution is -1.99. The van der Waals surface area contributed by atoms with E-state index in [2.05, 4.69) is 0 Å². The van der Waals surface area contributed by atoms with Crippen LogP contribution in [0.2, 0.25) is 5.02 Å². The molecule has 0 spiro atoms. The molecular weight excluding hydrogens is 215 g/mol. The van der Waals surface area contributed by atoms with E-state index in [-0.39, 0.29) is 15.5 Å². The standard InChI is InChI=1S/C8H6ClFO2S/c1-13-7-5(10)3-2-4(6(7)9)8(11)12/h2-3H,1H3,(H,11,12). The second-order valence-electron chi connectivity index (χ2n) is 2.25. The van der Waals surface area contributed by atoms with E-state index >= 15 is 0 Å². The number of hydrogen-bond acceptors (Lipinski definition) is 2. The quantitative estimate of drug-likeness (QED) is 0.779. The Morgan fingerprint density at radius 3 is 2.69 bits per heavy atom. The van der Waals surface area contributed by atoms with Gasteiger partial charge in [0.05, 0.1) is 15.5 Å². The summed E-state index contributed by atoms with van der Waals surface area (Å²) in [7, 11) is 0. The zero-order chi connectivity index (χ0) is 10.0. The van der Waals surface area contributed by atoms with Crippen LogP contribution in [0, 0.1) is 5.82 Å². The molecule has 0 aromatic heterocycles. The number of aromatic carboxylic acids is 1. The normalized spacial score (nSPS) is 10.1. The average Bonchev–Trinajstić information content (AvgIpc) is 2.04.